The summed E-state index contributed by atoms with van der Waals surface area (Å²) >= 11 is 0. The van der Waals surface area contributed by atoms with E-state index >= 15 is 0 Å². The molecule has 1 amide bonds. The largest absolute Gasteiger partial charge is 0.350 e. The van der Waals surface area contributed by atoms with Gasteiger partial charge >= 0.3 is 0 Å². The van der Waals surface area contributed by atoms with E-state index in [1.165, 1.54) is 6.26 Å². The Labute approximate surface area is 104 Å². The van der Waals surface area contributed by atoms with E-state index < -0.39 is 14.6 Å². The average molecular weight is 264 g/mol. The van der Waals surface area contributed by atoms with Crippen LogP contribution >= 0.6 is 0 Å². The van der Waals surface area contributed by atoms with E-state index in [-0.39, 0.29) is 24.5 Å². The first-order valence-corrected chi connectivity index (χ1v) is 7.46. The molecule has 0 saturated carbocycles. The van der Waals surface area contributed by atoms with E-state index in [0.717, 1.165) is 0 Å². The van der Waals surface area contributed by atoms with Crippen LogP contribution in [-0.2, 0) is 14.6 Å². The first-order valence-electron chi connectivity index (χ1n) is 5.56. The minimum Gasteiger partial charge on any atom is -0.350 e. The topological polar surface area (TPSA) is 75.3 Å². The molecule has 0 fully saturated rings. The summed E-state index contributed by atoms with van der Waals surface area (Å²) in [5.74, 6) is -0.137. The predicted octanol–water partition coefficient (Wildman–Crippen LogP) is 0.314. The van der Waals surface area contributed by atoms with Crippen molar-refractivity contribution in [2.45, 2.75) is 44.9 Å². The summed E-state index contributed by atoms with van der Waals surface area (Å²) in [4.78, 5) is 11.5. The number of carbonyl (C=O) groups is 1. The van der Waals surface area contributed by atoms with Crippen molar-refractivity contribution in [1.82, 2.24) is 10.6 Å². The lowest BCUT2D eigenvalue weighted by Gasteiger charge is -2.24. The second-order valence-corrected chi connectivity index (χ2v) is 8.58. The molecule has 6 heteroatoms. The van der Waals surface area contributed by atoms with Crippen molar-refractivity contribution in [1.29, 1.82) is 0 Å². The smallest absolute Gasteiger partial charge is 0.234 e. The van der Waals surface area contributed by atoms with Crippen LogP contribution < -0.4 is 10.6 Å². The molecule has 2 N–H and O–H groups in total. The maximum atomic E-state index is 11.5. The van der Waals surface area contributed by atoms with Gasteiger partial charge in [-0.2, -0.15) is 0 Å². The Morgan fingerprint density at radius 2 is 1.59 bits per heavy atom. The summed E-state index contributed by atoms with van der Waals surface area (Å²) in [6, 6.07) is 0. The molecule has 0 spiro atoms. The van der Waals surface area contributed by atoms with Gasteiger partial charge in [-0.25, -0.2) is 8.42 Å². The van der Waals surface area contributed by atoms with Gasteiger partial charge in [-0.3, -0.25) is 4.79 Å². The Morgan fingerprint density at radius 3 is 1.94 bits per heavy atom. The van der Waals surface area contributed by atoms with Crippen LogP contribution in [0.1, 0.15) is 34.6 Å². The SMILES string of the molecule is CC(C)(C)NC(=O)CNCC(C)(C)S(C)(=O)=O. The molecule has 0 aliphatic heterocycles. The van der Waals surface area contributed by atoms with Gasteiger partial charge in [0.15, 0.2) is 9.84 Å². The van der Waals surface area contributed by atoms with Crippen LogP contribution in [0.5, 0.6) is 0 Å². The Morgan fingerprint density at radius 1 is 1.12 bits per heavy atom. The number of rotatable bonds is 5. The number of nitrogens with one attached hydrogen (secondary N) is 2. The quantitative estimate of drug-likeness (QED) is 0.749. The molecule has 0 saturated heterocycles. The first kappa shape index (κ1) is 16.4. The van der Waals surface area contributed by atoms with Crippen LogP contribution in [-0.4, -0.2) is 44.0 Å². The van der Waals surface area contributed by atoms with E-state index in [0.29, 0.717) is 0 Å². The fourth-order valence-electron chi connectivity index (χ4n) is 1.07. The van der Waals surface area contributed by atoms with Gasteiger partial charge in [0, 0.05) is 18.3 Å². The van der Waals surface area contributed by atoms with Crippen LogP contribution in [0.25, 0.3) is 0 Å². The Hall–Kier alpha value is -0.620. The van der Waals surface area contributed by atoms with Gasteiger partial charge in [-0.15, -0.1) is 0 Å². The molecule has 0 aromatic heterocycles. The van der Waals surface area contributed by atoms with E-state index in [9.17, 15) is 13.2 Å². The molecule has 102 valence electrons. The summed E-state index contributed by atoms with van der Waals surface area (Å²) in [6.45, 7) is 9.33. The predicted molar refractivity (Wildman–Crippen MR) is 69.7 cm³/mol. The molecule has 0 radical (unpaired) electrons. The van der Waals surface area contributed by atoms with Gasteiger partial charge in [0.25, 0.3) is 0 Å². The van der Waals surface area contributed by atoms with E-state index in [2.05, 4.69) is 10.6 Å². The van der Waals surface area contributed by atoms with Crippen molar-refractivity contribution in [3.8, 4) is 0 Å². The van der Waals surface area contributed by atoms with Gasteiger partial charge in [0.2, 0.25) is 5.91 Å². The van der Waals surface area contributed by atoms with E-state index in [1.54, 1.807) is 13.8 Å². The van der Waals surface area contributed by atoms with Crippen LogP contribution in [0.15, 0.2) is 0 Å². The summed E-state index contributed by atoms with van der Waals surface area (Å²) < 4.78 is 22.0. The number of amides is 1. The molecule has 0 heterocycles. The number of hydrogen-bond donors (Lipinski definition) is 2. The van der Waals surface area contributed by atoms with Crippen molar-refractivity contribution >= 4 is 15.7 Å². The van der Waals surface area contributed by atoms with Gasteiger partial charge in [-0.1, -0.05) is 0 Å². The third-order valence-electron chi connectivity index (χ3n) is 2.35. The number of hydrogen-bond acceptors (Lipinski definition) is 4. The fourth-order valence-corrected chi connectivity index (χ4v) is 1.43. The molecule has 0 aromatic carbocycles. The minimum absolute atomic E-state index is 0.121. The number of sulfone groups is 1. The van der Waals surface area contributed by atoms with Crippen molar-refractivity contribution in [2.75, 3.05) is 19.3 Å². The van der Waals surface area contributed by atoms with Crippen LogP contribution in [0.4, 0.5) is 0 Å². The highest BCUT2D eigenvalue weighted by atomic mass is 32.2. The Balaban J connectivity index is 4.14. The molecule has 17 heavy (non-hydrogen) atoms. The minimum atomic E-state index is -3.13. The highest BCUT2D eigenvalue weighted by molar-refractivity contribution is 7.92. The zero-order valence-corrected chi connectivity index (χ0v) is 12.4. The zero-order valence-electron chi connectivity index (χ0n) is 11.5. The third-order valence-corrected chi connectivity index (χ3v) is 4.51. The fraction of sp³-hybridized carbons (Fsp3) is 0.909. The molecule has 0 atom stereocenters. The molecule has 0 aromatic rings. The lowest BCUT2D eigenvalue weighted by atomic mass is 10.1. The second kappa shape index (κ2) is 5.35. The van der Waals surface area contributed by atoms with Crippen LogP contribution in [0.3, 0.4) is 0 Å². The number of carbonyl (C=O) groups excluding carboxylic acids is 1. The highest BCUT2D eigenvalue weighted by Crippen LogP contribution is 2.13. The van der Waals surface area contributed by atoms with Crippen molar-refractivity contribution in [3.05, 3.63) is 0 Å². The second-order valence-electron chi connectivity index (χ2n) is 5.93. The van der Waals surface area contributed by atoms with Crippen molar-refractivity contribution < 1.29 is 13.2 Å². The standard InChI is InChI=1S/C11H24N2O3S/c1-10(2,3)13-9(14)7-12-8-11(4,5)17(6,15)16/h12H,7-8H2,1-6H3,(H,13,14). The molecule has 0 bridgehead atoms. The van der Waals surface area contributed by atoms with Crippen molar-refractivity contribution in [2.24, 2.45) is 0 Å². The monoisotopic (exact) mass is 264 g/mol. The lowest BCUT2D eigenvalue weighted by Crippen LogP contribution is -2.48. The summed E-state index contributed by atoms with van der Waals surface area (Å²) in [6.07, 6.45) is 1.20. The van der Waals surface area contributed by atoms with Gasteiger partial charge in [0.05, 0.1) is 11.3 Å². The third kappa shape index (κ3) is 6.63. The molecule has 0 rings (SSSR count). The first-order chi connectivity index (χ1) is 7.35. The average Bonchev–Trinajstić information content (AvgIpc) is 1.97. The van der Waals surface area contributed by atoms with Gasteiger partial charge in [-0.05, 0) is 34.6 Å². The van der Waals surface area contributed by atoms with E-state index in [1.807, 2.05) is 20.8 Å². The molecular weight excluding hydrogens is 240 g/mol. The summed E-state index contributed by atoms with van der Waals surface area (Å²) in [5, 5.41) is 5.66. The molecular formula is C11H24N2O3S. The van der Waals surface area contributed by atoms with Crippen LogP contribution in [0, 0.1) is 0 Å². The van der Waals surface area contributed by atoms with Gasteiger partial charge < -0.3 is 10.6 Å². The molecule has 0 aliphatic carbocycles. The highest BCUT2D eigenvalue weighted by Gasteiger charge is 2.29. The Kier molecular flexibility index (Phi) is 5.16. The molecule has 5 nitrogen and oxygen atoms in total. The normalized spacial score (nSPS) is 13.5. The van der Waals surface area contributed by atoms with Crippen molar-refractivity contribution in [3.63, 3.8) is 0 Å². The van der Waals surface area contributed by atoms with Gasteiger partial charge in [0.1, 0.15) is 0 Å². The lowest BCUT2D eigenvalue weighted by molar-refractivity contribution is -0.121. The van der Waals surface area contributed by atoms with Crippen LogP contribution in [0.2, 0.25) is 0 Å². The maximum Gasteiger partial charge on any atom is 0.234 e. The summed E-state index contributed by atoms with van der Waals surface area (Å²) in [5.41, 5.74) is -0.273. The zero-order chi connectivity index (χ0) is 13.9. The summed E-state index contributed by atoms with van der Waals surface area (Å²) in [7, 11) is -3.13. The molecule has 0 aliphatic rings. The maximum absolute atomic E-state index is 11.5. The Bertz CT molecular complexity index is 367. The molecule has 0 unspecified atom stereocenters. The van der Waals surface area contributed by atoms with E-state index in [4.69, 9.17) is 0 Å².